The van der Waals surface area contributed by atoms with E-state index in [0.717, 1.165) is 14.9 Å². The molecule has 1 aromatic heterocycles. The van der Waals surface area contributed by atoms with Gasteiger partial charge in [0.2, 0.25) is 10.0 Å². The molecular formula is C13H11Br2NO3S2. The van der Waals surface area contributed by atoms with Crippen LogP contribution in [0, 0.1) is 0 Å². The highest BCUT2D eigenvalue weighted by Crippen LogP contribution is 2.37. The molecule has 2 atom stereocenters. The number of halogens is 2. The lowest BCUT2D eigenvalue weighted by molar-refractivity contribution is 0.151. The minimum atomic E-state index is -3.71. The SMILES string of the molecule is O=S(=O)(N[C@@H]1c2ccccc2C[C@@H]1O)c1cc(Br)sc1Br. The van der Waals surface area contributed by atoms with Gasteiger partial charge in [-0.05, 0) is 49.1 Å². The highest BCUT2D eigenvalue weighted by molar-refractivity contribution is 9.12. The summed E-state index contributed by atoms with van der Waals surface area (Å²) in [6, 6.07) is 8.41. The van der Waals surface area contributed by atoms with Crippen molar-refractivity contribution >= 4 is 53.2 Å². The number of fused-ring (bicyclic) bond motifs is 1. The average molecular weight is 453 g/mol. The van der Waals surface area contributed by atoms with Crippen LogP contribution in [0.5, 0.6) is 0 Å². The van der Waals surface area contributed by atoms with Crippen molar-refractivity contribution in [1.82, 2.24) is 4.72 Å². The van der Waals surface area contributed by atoms with Crippen LogP contribution in [0.1, 0.15) is 17.2 Å². The lowest BCUT2D eigenvalue weighted by Crippen LogP contribution is -2.33. The Labute approximate surface area is 143 Å². The van der Waals surface area contributed by atoms with Gasteiger partial charge >= 0.3 is 0 Å². The summed E-state index contributed by atoms with van der Waals surface area (Å²) in [6.07, 6.45) is -0.296. The number of aliphatic hydroxyl groups is 1. The van der Waals surface area contributed by atoms with Gasteiger partial charge in [0, 0.05) is 6.42 Å². The van der Waals surface area contributed by atoms with E-state index in [1.807, 2.05) is 24.3 Å². The normalized spacial score (nSPS) is 21.5. The molecular weight excluding hydrogens is 442 g/mol. The second-order valence-corrected chi connectivity index (χ2v) is 10.2. The molecule has 0 radical (unpaired) electrons. The molecule has 0 bridgehead atoms. The van der Waals surface area contributed by atoms with Crippen LogP contribution in [0.25, 0.3) is 0 Å². The van der Waals surface area contributed by atoms with E-state index in [4.69, 9.17) is 0 Å². The van der Waals surface area contributed by atoms with Crippen molar-refractivity contribution in [3.05, 3.63) is 49.0 Å². The number of sulfonamides is 1. The molecule has 0 saturated heterocycles. The number of benzene rings is 1. The average Bonchev–Trinajstić information content (AvgIpc) is 2.91. The van der Waals surface area contributed by atoms with Crippen molar-refractivity contribution in [2.75, 3.05) is 0 Å². The molecule has 1 aliphatic carbocycles. The Balaban J connectivity index is 1.95. The summed E-state index contributed by atoms with van der Waals surface area (Å²) in [7, 11) is -3.71. The zero-order chi connectivity index (χ0) is 15.2. The number of hydrogen-bond donors (Lipinski definition) is 2. The van der Waals surface area contributed by atoms with Gasteiger partial charge in [0.25, 0.3) is 0 Å². The van der Waals surface area contributed by atoms with Crippen molar-refractivity contribution < 1.29 is 13.5 Å². The predicted octanol–water partition coefficient (Wildman–Crippen LogP) is 3.21. The van der Waals surface area contributed by atoms with Gasteiger partial charge in [-0.2, -0.15) is 0 Å². The summed E-state index contributed by atoms with van der Waals surface area (Å²) in [4.78, 5) is 0.177. The van der Waals surface area contributed by atoms with Crippen LogP contribution in [0.4, 0.5) is 0 Å². The van der Waals surface area contributed by atoms with E-state index in [2.05, 4.69) is 36.6 Å². The molecule has 112 valence electrons. The highest BCUT2D eigenvalue weighted by Gasteiger charge is 2.35. The van der Waals surface area contributed by atoms with E-state index < -0.39 is 22.2 Å². The van der Waals surface area contributed by atoms with Gasteiger partial charge in [-0.25, -0.2) is 13.1 Å². The quantitative estimate of drug-likeness (QED) is 0.751. The third-order valence-electron chi connectivity index (χ3n) is 3.40. The van der Waals surface area contributed by atoms with Crippen LogP contribution in [0.3, 0.4) is 0 Å². The Hall–Kier alpha value is -0.250. The Morgan fingerprint density at radius 3 is 2.67 bits per heavy atom. The van der Waals surface area contributed by atoms with Crippen LogP contribution in [0.2, 0.25) is 0 Å². The van der Waals surface area contributed by atoms with Crippen molar-refractivity contribution in [1.29, 1.82) is 0 Å². The van der Waals surface area contributed by atoms with Gasteiger partial charge in [0.05, 0.1) is 19.7 Å². The predicted molar refractivity (Wildman–Crippen MR) is 88.9 cm³/mol. The number of aliphatic hydroxyl groups excluding tert-OH is 1. The second-order valence-electron chi connectivity index (χ2n) is 4.76. The highest BCUT2D eigenvalue weighted by atomic mass is 79.9. The monoisotopic (exact) mass is 451 g/mol. The molecule has 8 heteroatoms. The Bertz CT molecular complexity index is 788. The van der Waals surface area contributed by atoms with Crippen molar-refractivity contribution in [2.24, 2.45) is 0 Å². The van der Waals surface area contributed by atoms with Gasteiger partial charge in [-0.3, -0.25) is 0 Å². The zero-order valence-electron chi connectivity index (χ0n) is 10.6. The summed E-state index contributed by atoms with van der Waals surface area (Å²) in [5.41, 5.74) is 1.81. The molecule has 4 nitrogen and oxygen atoms in total. The smallest absolute Gasteiger partial charge is 0.243 e. The molecule has 1 heterocycles. The zero-order valence-corrected chi connectivity index (χ0v) is 15.4. The molecule has 3 rings (SSSR count). The summed E-state index contributed by atoms with van der Waals surface area (Å²) in [5, 5.41) is 10.1. The summed E-state index contributed by atoms with van der Waals surface area (Å²) < 4.78 is 28.9. The standard InChI is InChI=1S/C13H11Br2NO3S2/c14-11-6-10(13(15)20-11)21(18,19)16-12-8-4-2-1-3-7(8)5-9(12)17/h1-4,6,9,12,16-17H,5H2/t9-,12+/m0/s1. The van der Waals surface area contributed by atoms with E-state index in [-0.39, 0.29) is 4.90 Å². The summed E-state index contributed by atoms with van der Waals surface area (Å²) >= 11 is 7.82. The molecule has 21 heavy (non-hydrogen) atoms. The van der Waals surface area contributed by atoms with Crippen LogP contribution >= 0.6 is 43.2 Å². The van der Waals surface area contributed by atoms with E-state index >= 15 is 0 Å². The van der Waals surface area contributed by atoms with E-state index in [0.29, 0.717) is 10.2 Å². The number of nitrogens with one attached hydrogen (secondary N) is 1. The second kappa shape index (κ2) is 5.75. The van der Waals surface area contributed by atoms with E-state index in [1.54, 1.807) is 6.07 Å². The number of rotatable bonds is 3. The first-order valence-corrected chi connectivity index (χ1v) is 10.00. The minimum absolute atomic E-state index is 0.177. The van der Waals surface area contributed by atoms with Crippen LogP contribution in [0.15, 0.2) is 42.8 Å². The van der Waals surface area contributed by atoms with E-state index in [9.17, 15) is 13.5 Å². The van der Waals surface area contributed by atoms with Crippen LogP contribution in [-0.2, 0) is 16.4 Å². The van der Waals surface area contributed by atoms with Gasteiger partial charge in [-0.15, -0.1) is 11.3 Å². The summed E-state index contributed by atoms with van der Waals surface area (Å²) in [6.45, 7) is 0. The first-order chi connectivity index (χ1) is 9.88. The maximum absolute atomic E-state index is 12.5. The van der Waals surface area contributed by atoms with Gasteiger partial charge in [0.15, 0.2) is 0 Å². The molecule has 0 saturated carbocycles. The molecule has 0 fully saturated rings. The van der Waals surface area contributed by atoms with Gasteiger partial charge in [0.1, 0.15) is 4.90 Å². The first kappa shape index (κ1) is 15.6. The van der Waals surface area contributed by atoms with Crippen molar-refractivity contribution in [2.45, 2.75) is 23.5 Å². The molecule has 2 N–H and O–H groups in total. The third kappa shape index (κ3) is 2.97. The molecule has 2 aromatic rings. The minimum Gasteiger partial charge on any atom is -0.391 e. The molecule has 0 unspecified atom stereocenters. The third-order valence-corrected chi connectivity index (χ3v) is 7.60. The lowest BCUT2D eigenvalue weighted by atomic mass is 10.1. The van der Waals surface area contributed by atoms with Crippen molar-refractivity contribution in [3.8, 4) is 0 Å². The maximum atomic E-state index is 12.5. The molecule has 1 aliphatic rings. The fourth-order valence-electron chi connectivity index (χ4n) is 2.45. The largest absolute Gasteiger partial charge is 0.391 e. The Morgan fingerprint density at radius 1 is 1.29 bits per heavy atom. The fraction of sp³-hybridized carbons (Fsp3) is 0.231. The Morgan fingerprint density at radius 2 is 2.00 bits per heavy atom. The first-order valence-electron chi connectivity index (χ1n) is 6.11. The Kier molecular flexibility index (Phi) is 4.28. The van der Waals surface area contributed by atoms with Crippen LogP contribution in [-0.4, -0.2) is 19.6 Å². The topological polar surface area (TPSA) is 66.4 Å². The molecule has 1 aromatic carbocycles. The van der Waals surface area contributed by atoms with E-state index in [1.165, 1.54) is 11.3 Å². The number of thiophene rings is 1. The maximum Gasteiger partial charge on any atom is 0.243 e. The summed E-state index contributed by atoms with van der Waals surface area (Å²) in [5.74, 6) is 0. The van der Waals surface area contributed by atoms with Crippen LogP contribution < -0.4 is 4.72 Å². The lowest BCUT2D eigenvalue weighted by Gasteiger charge is -2.17. The number of hydrogen-bond acceptors (Lipinski definition) is 4. The van der Waals surface area contributed by atoms with Gasteiger partial charge in [-0.1, -0.05) is 24.3 Å². The molecule has 0 spiro atoms. The van der Waals surface area contributed by atoms with Crippen molar-refractivity contribution in [3.63, 3.8) is 0 Å². The fourth-order valence-corrected chi connectivity index (χ4v) is 7.52. The molecule has 0 aliphatic heterocycles. The van der Waals surface area contributed by atoms with Gasteiger partial charge < -0.3 is 5.11 Å². The molecule has 0 amide bonds.